The number of alkyl halides is 3. The molecule has 0 atom stereocenters. The summed E-state index contributed by atoms with van der Waals surface area (Å²) in [6.07, 6.45) is -3.62. The number of furan rings is 1. The number of halogens is 3. The zero-order valence-electron chi connectivity index (χ0n) is 10.5. The van der Waals surface area contributed by atoms with Crippen LogP contribution >= 0.6 is 0 Å². The van der Waals surface area contributed by atoms with Gasteiger partial charge in [0, 0.05) is 5.69 Å². The maximum absolute atomic E-state index is 12.0. The molecule has 0 aliphatic rings. The molecule has 2 rings (SSSR count). The van der Waals surface area contributed by atoms with Crippen molar-refractivity contribution in [3.63, 3.8) is 0 Å². The molecule has 0 spiro atoms. The predicted octanol–water partition coefficient (Wildman–Crippen LogP) is 3.49. The highest BCUT2D eigenvalue weighted by molar-refractivity contribution is 5.87. The molecule has 0 saturated carbocycles. The average molecular weight is 301 g/mol. The van der Waals surface area contributed by atoms with Gasteiger partial charge in [-0.05, 0) is 30.3 Å². The van der Waals surface area contributed by atoms with Gasteiger partial charge >= 0.3 is 12.3 Å². The minimum Gasteiger partial charge on any atom is -0.478 e. The number of anilines is 1. The Labute approximate surface area is 116 Å². The van der Waals surface area contributed by atoms with Crippen LogP contribution < -0.4 is 10.1 Å². The van der Waals surface area contributed by atoms with Gasteiger partial charge in [0.05, 0.1) is 12.1 Å². The number of carboxylic acids is 1. The molecule has 0 amide bonds. The first-order valence-corrected chi connectivity index (χ1v) is 5.74. The standard InChI is InChI=1S/C13H10F3NO4/c14-13(15,16)21-10-3-1-9(2-4-10)17-6-11-5-8(7-20-11)12(18)19/h1-5,7,17H,6H2,(H,18,19). The summed E-state index contributed by atoms with van der Waals surface area (Å²) in [5.74, 6) is -1.03. The Morgan fingerprint density at radius 3 is 2.48 bits per heavy atom. The zero-order valence-corrected chi connectivity index (χ0v) is 10.5. The van der Waals surface area contributed by atoms with Crippen LogP contribution in [0.2, 0.25) is 0 Å². The van der Waals surface area contributed by atoms with E-state index in [1.54, 1.807) is 0 Å². The minimum atomic E-state index is -4.73. The van der Waals surface area contributed by atoms with Crippen LogP contribution in [0.15, 0.2) is 41.0 Å². The highest BCUT2D eigenvalue weighted by atomic mass is 19.4. The number of hydrogen-bond donors (Lipinski definition) is 2. The van der Waals surface area contributed by atoms with Crippen LogP contribution in [0, 0.1) is 0 Å². The fraction of sp³-hybridized carbons (Fsp3) is 0.154. The molecular weight excluding hydrogens is 291 g/mol. The molecule has 1 aromatic carbocycles. The Morgan fingerprint density at radius 2 is 1.95 bits per heavy atom. The summed E-state index contributed by atoms with van der Waals surface area (Å²) in [5.41, 5.74) is 0.568. The Morgan fingerprint density at radius 1 is 1.29 bits per heavy atom. The number of aromatic carboxylic acids is 1. The second-order valence-electron chi connectivity index (χ2n) is 4.03. The number of rotatable bonds is 5. The molecule has 1 aromatic heterocycles. The van der Waals surface area contributed by atoms with Crippen LogP contribution in [0.3, 0.4) is 0 Å². The Hall–Kier alpha value is -2.64. The van der Waals surface area contributed by atoms with E-state index in [0.29, 0.717) is 11.4 Å². The van der Waals surface area contributed by atoms with Crippen molar-refractivity contribution in [1.29, 1.82) is 0 Å². The van der Waals surface area contributed by atoms with Gasteiger partial charge in [0.1, 0.15) is 17.8 Å². The van der Waals surface area contributed by atoms with Crippen LogP contribution in [-0.2, 0) is 6.54 Å². The maximum atomic E-state index is 12.0. The fourth-order valence-electron chi connectivity index (χ4n) is 1.55. The molecule has 112 valence electrons. The largest absolute Gasteiger partial charge is 0.573 e. The average Bonchev–Trinajstić information content (AvgIpc) is 2.85. The highest BCUT2D eigenvalue weighted by Crippen LogP contribution is 2.24. The fourth-order valence-corrected chi connectivity index (χ4v) is 1.55. The molecule has 0 saturated heterocycles. The highest BCUT2D eigenvalue weighted by Gasteiger charge is 2.30. The topological polar surface area (TPSA) is 71.7 Å². The number of hydrogen-bond acceptors (Lipinski definition) is 4. The number of carboxylic acid groups (broad SMARTS) is 1. The predicted molar refractivity (Wildman–Crippen MR) is 66.1 cm³/mol. The molecule has 21 heavy (non-hydrogen) atoms. The third kappa shape index (κ3) is 4.44. The van der Waals surface area contributed by atoms with Crippen molar-refractivity contribution in [2.24, 2.45) is 0 Å². The van der Waals surface area contributed by atoms with Gasteiger partial charge in [-0.1, -0.05) is 0 Å². The van der Waals surface area contributed by atoms with Gasteiger partial charge in [0.15, 0.2) is 0 Å². The van der Waals surface area contributed by atoms with Gasteiger partial charge in [0.25, 0.3) is 0 Å². The molecule has 0 aliphatic carbocycles. The molecule has 5 nitrogen and oxygen atoms in total. The summed E-state index contributed by atoms with van der Waals surface area (Å²) in [6.45, 7) is 0.201. The summed E-state index contributed by atoms with van der Waals surface area (Å²) in [5, 5.41) is 11.6. The normalized spacial score (nSPS) is 11.2. The molecule has 0 radical (unpaired) electrons. The van der Waals surface area contributed by atoms with Crippen molar-refractivity contribution in [1.82, 2.24) is 0 Å². The van der Waals surface area contributed by atoms with Crippen LogP contribution in [-0.4, -0.2) is 17.4 Å². The molecule has 0 bridgehead atoms. The van der Waals surface area contributed by atoms with Crippen molar-refractivity contribution in [3.05, 3.63) is 47.9 Å². The summed E-state index contributed by atoms with van der Waals surface area (Å²) < 4.78 is 44.7. The van der Waals surface area contributed by atoms with Crippen molar-refractivity contribution >= 4 is 11.7 Å². The van der Waals surface area contributed by atoms with Gasteiger partial charge in [-0.15, -0.1) is 13.2 Å². The Balaban J connectivity index is 1.92. The molecule has 1 heterocycles. The van der Waals surface area contributed by atoms with Gasteiger partial charge in [0.2, 0.25) is 0 Å². The smallest absolute Gasteiger partial charge is 0.478 e. The molecule has 0 aliphatic heterocycles. The number of nitrogens with one attached hydrogen (secondary N) is 1. The van der Waals surface area contributed by atoms with E-state index < -0.39 is 12.3 Å². The first kappa shape index (κ1) is 14.8. The molecule has 2 aromatic rings. The van der Waals surface area contributed by atoms with Crippen LogP contribution in [0.1, 0.15) is 16.1 Å². The third-order valence-electron chi connectivity index (χ3n) is 2.46. The monoisotopic (exact) mass is 301 g/mol. The van der Waals surface area contributed by atoms with E-state index in [0.717, 1.165) is 6.26 Å². The van der Waals surface area contributed by atoms with Gasteiger partial charge in [-0.25, -0.2) is 4.79 Å². The first-order chi connectivity index (χ1) is 9.83. The SMILES string of the molecule is O=C(O)c1coc(CNc2ccc(OC(F)(F)F)cc2)c1. The molecule has 0 unspecified atom stereocenters. The van der Waals surface area contributed by atoms with E-state index >= 15 is 0 Å². The van der Waals surface area contributed by atoms with Crippen LogP contribution in [0.25, 0.3) is 0 Å². The molecular formula is C13H10F3NO4. The summed E-state index contributed by atoms with van der Waals surface area (Å²) in [6, 6.07) is 6.50. The van der Waals surface area contributed by atoms with Gasteiger partial charge in [-0.2, -0.15) is 0 Å². The van der Waals surface area contributed by atoms with E-state index in [-0.39, 0.29) is 17.9 Å². The summed E-state index contributed by atoms with van der Waals surface area (Å²) in [4.78, 5) is 10.7. The molecule has 8 heteroatoms. The second kappa shape index (κ2) is 5.78. The van der Waals surface area contributed by atoms with Crippen molar-refractivity contribution in [2.45, 2.75) is 12.9 Å². The molecule has 2 N–H and O–H groups in total. The maximum Gasteiger partial charge on any atom is 0.573 e. The lowest BCUT2D eigenvalue weighted by Gasteiger charge is -2.09. The summed E-state index contributed by atoms with van der Waals surface area (Å²) >= 11 is 0. The van der Waals surface area contributed by atoms with Crippen molar-refractivity contribution in [3.8, 4) is 5.75 Å². The lowest BCUT2D eigenvalue weighted by molar-refractivity contribution is -0.274. The van der Waals surface area contributed by atoms with E-state index in [2.05, 4.69) is 10.1 Å². The van der Waals surface area contributed by atoms with Gasteiger partial charge < -0.3 is 19.6 Å². The van der Waals surface area contributed by atoms with Crippen molar-refractivity contribution in [2.75, 3.05) is 5.32 Å². The van der Waals surface area contributed by atoms with E-state index in [1.807, 2.05) is 0 Å². The van der Waals surface area contributed by atoms with E-state index in [1.165, 1.54) is 30.3 Å². The first-order valence-electron chi connectivity index (χ1n) is 5.74. The number of ether oxygens (including phenoxy) is 1. The number of carbonyl (C=O) groups is 1. The second-order valence-corrected chi connectivity index (χ2v) is 4.03. The zero-order chi connectivity index (χ0) is 15.5. The third-order valence-corrected chi connectivity index (χ3v) is 2.46. The summed E-state index contributed by atoms with van der Waals surface area (Å²) in [7, 11) is 0. The van der Waals surface area contributed by atoms with Gasteiger partial charge in [-0.3, -0.25) is 0 Å². The lowest BCUT2D eigenvalue weighted by Crippen LogP contribution is -2.17. The van der Waals surface area contributed by atoms with Crippen molar-refractivity contribution < 1.29 is 32.2 Å². The minimum absolute atomic E-state index is 0.0284. The molecule has 0 fully saturated rings. The lowest BCUT2D eigenvalue weighted by atomic mass is 10.3. The van der Waals surface area contributed by atoms with E-state index in [9.17, 15) is 18.0 Å². The number of benzene rings is 1. The Bertz CT molecular complexity index is 619. The van der Waals surface area contributed by atoms with Crippen LogP contribution in [0.5, 0.6) is 5.75 Å². The van der Waals surface area contributed by atoms with E-state index in [4.69, 9.17) is 9.52 Å². The Kier molecular flexibility index (Phi) is 4.06. The van der Waals surface area contributed by atoms with Crippen LogP contribution in [0.4, 0.5) is 18.9 Å². The quantitative estimate of drug-likeness (QED) is 0.884.